The number of ether oxygens (including phenoxy) is 5. The van der Waals surface area contributed by atoms with Crippen molar-refractivity contribution in [1.82, 2.24) is 14.1 Å². The Hall–Kier alpha value is -12.3. The van der Waals surface area contributed by atoms with Gasteiger partial charge in [0.2, 0.25) is 0 Å². The first-order valence-electron chi connectivity index (χ1n) is 34.2. The fraction of sp³-hybridized carbons (Fsp3) is 0.0455. The first-order valence-corrected chi connectivity index (χ1v) is 34.2. The summed E-state index contributed by atoms with van der Waals surface area (Å²) in [5.41, 5.74) is 22.9. The van der Waals surface area contributed by atoms with E-state index in [1.807, 2.05) is 36.5 Å². The second-order valence-corrected chi connectivity index (χ2v) is 27.7. The zero-order valence-electron chi connectivity index (χ0n) is 55.2. The zero-order chi connectivity index (χ0) is 66.5. The van der Waals surface area contributed by atoms with E-state index in [9.17, 15) is 0 Å². The SMILES string of the molecule is CC(C)(C)c1ccnc(-n2c3[c-]c(Oc4[c-]c(-n5[c-][n+](-c6c(-c7cc8c9c(c7)N(c7ccccc7)c7cccc%10c7B9c7c(cccc7O8)O%10)cccc6-c6cc7c8c(c6)N(c6ccccc6)c6cccc9c6B8c6c(cccc6O7)O9)c6ccccc65)ccc4)ccc3c3ccccc32)c1.[Pt]. The Morgan fingerprint density at radius 3 is 1.52 bits per heavy atom. The molecule has 484 valence electrons. The van der Waals surface area contributed by atoms with E-state index in [0.29, 0.717) is 11.5 Å². The zero-order valence-corrected chi connectivity index (χ0v) is 57.4. The maximum atomic E-state index is 7.27. The first-order chi connectivity index (χ1) is 49.7. The van der Waals surface area contributed by atoms with Crippen LogP contribution in [0.15, 0.2) is 273 Å². The van der Waals surface area contributed by atoms with E-state index in [0.717, 1.165) is 185 Å². The Labute approximate surface area is 602 Å². The van der Waals surface area contributed by atoms with E-state index >= 15 is 0 Å². The van der Waals surface area contributed by atoms with Gasteiger partial charge in [-0.05, 0) is 181 Å². The smallest absolute Gasteiger partial charge is 0.268 e. The standard InChI is InChI=1S/C88H54B2N6O5.Pt/c1-88(2,3)54-42-43-91-80(48-54)96-64-29-11-10-26-62(64)63-41-40-59(50-69(63)96)97-58-25-14-24-57(49-58)92-51-93(66-31-13-12-30-65(66)92)87-60(52-44-70-83-78(46-52)100-76-38-18-36-74-85(76)89(83)81-67(32-16-34-72(81)98-74)94(70)55-20-6-4-7-21-55)27-15-28-61(87)53-45-71-84-79(47-53)101-77-39-19-37-75-86(77)90(84)82-68(33-17-35-73(82)99-75)95(71)56-22-8-5-9-23-56;/h4-48H,1-3H3;/q-2;. The third-order valence-electron chi connectivity index (χ3n) is 21.0. The molecule has 11 nitrogen and oxygen atoms in total. The van der Waals surface area contributed by atoms with Gasteiger partial charge in [-0.3, -0.25) is 4.57 Å². The number of imidazole rings is 1. The van der Waals surface area contributed by atoms with Crippen molar-refractivity contribution in [2.45, 2.75) is 26.2 Å². The minimum Gasteiger partial charge on any atom is -0.510 e. The van der Waals surface area contributed by atoms with Crippen LogP contribution in [0.3, 0.4) is 0 Å². The number of nitrogens with zero attached hydrogens (tertiary/aromatic N) is 6. The fourth-order valence-corrected chi connectivity index (χ4v) is 16.7. The van der Waals surface area contributed by atoms with Crippen LogP contribution in [0.4, 0.5) is 34.1 Å². The van der Waals surface area contributed by atoms with Crippen molar-refractivity contribution in [3.8, 4) is 96.9 Å². The number of para-hydroxylation sites is 6. The molecule has 22 rings (SSSR count). The molecule has 0 unspecified atom stereocenters. The van der Waals surface area contributed by atoms with Crippen molar-refractivity contribution >= 4 is 113 Å². The van der Waals surface area contributed by atoms with Crippen LogP contribution in [0.5, 0.6) is 57.5 Å². The maximum Gasteiger partial charge on any atom is 0.268 e. The van der Waals surface area contributed by atoms with Crippen molar-refractivity contribution in [2.75, 3.05) is 9.80 Å². The first kappa shape index (κ1) is 58.6. The van der Waals surface area contributed by atoms with Gasteiger partial charge in [-0.2, -0.15) is 18.2 Å². The van der Waals surface area contributed by atoms with Crippen molar-refractivity contribution < 1.29 is 49.3 Å². The fourth-order valence-electron chi connectivity index (χ4n) is 16.7. The third kappa shape index (κ3) is 8.49. The number of pyridine rings is 1. The molecule has 0 bridgehead atoms. The Morgan fingerprint density at radius 2 is 0.922 bits per heavy atom. The Balaban J connectivity index is 0.00000677. The van der Waals surface area contributed by atoms with Crippen LogP contribution in [0, 0.1) is 18.5 Å². The summed E-state index contributed by atoms with van der Waals surface area (Å²) in [5.74, 6) is 8.27. The maximum absolute atomic E-state index is 7.27. The molecule has 0 spiro atoms. The van der Waals surface area contributed by atoms with Gasteiger partial charge < -0.3 is 42.6 Å². The summed E-state index contributed by atoms with van der Waals surface area (Å²) in [4.78, 5) is 9.71. The molecule has 14 heteroatoms. The number of hydrogen-bond acceptors (Lipinski definition) is 8. The molecule has 3 aromatic heterocycles. The summed E-state index contributed by atoms with van der Waals surface area (Å²) in [6, 6.07) is 101. The molecule has 6 aliphatic heterocycles. The number of rotatable bonds is 9. The van der Waals surface area contributed by atoms with Crippen LogP contribution in [-0.2, 0) is 26.5 Å². The van der Waals surface area contributed by atoms with E-state index in [2.05, 4.69) is 299 Å². The minimum atomic E-state index is -0.143. The van der Waals surface area contributed by atoms with Crippen molar-refractivity contribution in [3.63, 3.8) is 0 Å². The van der Waals surface area contributed by atoms with Gasteiger partial charge >= 0.3 is 0 Å². The molecule has 0 amide bonds. The minimum absolute atomic E-state index is 0. The van der Waals surface area contributed by atoms with Crippen molar-refractivity contribution in [2.24, 2.45) is 0 Å². The molecule has 0 aliphatic carbocycles. The van der Waals surface area contributed by atoms with E-state index < -0.39 is 0 Å². The molecule has 0 radical (unpaired) electrons. The number of aromatic nitrogens is 4. The van der Waals surface area contributed by atoms with Crippen LogP contribution < -0.4 is 70.8 Å². The van der Waals surface area contributed by atoms with E-state index in [1.165, 1.54) is 5.56 Å². The average Bonchev–Trinajstić information content (AvgIpc) is 0.892. The number of benzene rings is 13. The quantitative estimate of drug-likeness (QED) is 0.0803. The largest absolute Gasteiger partial charge is 0.510 e. The summed E-state index contributed by atoms with van der Waals surface area (Å²) in [6.45, 7) is 6.39. The number of fused-ring (bicyclic) bond motifs is 4. The number of anilines is 6. The molecule has 6 aliphatic rings. The second-order valence-electron chi connectivity index (χ2n) is 27.7. The van der Waals surface area contributed by atoms with E-state index in [4.69, 9.17) is 28.7 Å². The predicted octanol–water partition coefficient (Wildman–Crippen LogP) is 17.2. The van der Waals surface area contributed by atoms with Gasteiger partial charge in [0.1, 0.15) is 51.8 Å². The molecule has 0 saturated heterocycles. The third-order valence-corrected chi connectivity index (χ3v) is 21.0. The number of hydrogen-bond donors (Lipinski definition) is 0. The van der Waals surface area contributed by atoms with Crippen LogP contribution in [0.2, 0.25) is 0 Å². The molecule has 0 saturated carbocycles. The molecule has 102 heavy (non-hydrogen) atoms. The Kier molecular flexibility index (Phi) is 12.6. The average molecular weight is 1490 g/mol. The molecular formula is C88H54B2N6O5Pt-2. The Bertz CT molecular complexity index is 6080. The molecule has 16 aromatic rings. The van der Waals surface area contributed by atoms with Crippen LogP contribution in [-0.4, -0.2) is 27.5 Å². The van der Waals surface area contributed by atoms with E-state index in [-0.39, 0.29) is 39.9 Å². The monoisotopic (exact) mass is 1490 g/mol. The van der Waals surface area contributed by atoms with Crippen molar-refractivity contribution in [3.05, 3.63) is 297 Å². The molecule has 0 fully saturated rings. The molecular weight excluding hydrogens is 1440 g/mol. The van der Waals surface area contributed by atoms with Crippen LogP contribution >= 0.6 is 0 Å². The summed E-state index contributed by atoms with van der Waals surface area (Å²) in [6.07, 6.45) is 5.90. The summed E-state index contributed by atoms with van der Waals surface area (Å²) < 4.78 is 41.5. The Morgan fingerprint density at radius 1 is 0.422 bits per heavy atom. The molecule has 13 aromatic carbocycles. The summed E-state index contributed by atoms with van der Waals surface area (Å²) >= 11 is 0. The van der Waals surface area contributed by atoms with E-state index in [1.54, 1.807) is 0 Å². The normalized spacial score (nSPS) is 13.4. The topological polar surface area (TPSA) is 79.3 Å². The molecule has 9 heterocycles. The molecule has 0 N–H and O–H groups in total. The van der Waals surface area contributed by atoms with Crippen molar-refractivity contribution in [1.29, 1.82) is 0 Å². The molecule has 0 atom stereocenters. The van der Waals surface area contributed by atoms with Gasteiger partial charge in [0.25, 0.3) is 19.8 Å². The second kappa shape index (κ2) is 21.8. The summed E-state index contributed by atoms with van der Waals surface area (Å²) in [5, 5.41) is 2.16. The predicted molar refractivity (Wildman–Crippen MR) is 401 cm³/mol. The van der Waals surface area contributed by atoms with Crippen LogP contribution in [0.1, 0.15) is 26.3 Å². The van der Waals surface area contributed by atoms with Gasteiger partial charge in [-0.25, -0.2) is 4.98 Å². The van der Waals surface area contributed by atoms with Gasteiger partial charge in [0.05, 0.1) is 16.7 Å². The van der Waals surface area contributed by atoms with Gasteiger partial charge in [-0.15, -0.1) is 29.7 Å². The van der Waals surface area contributed by atoms with Gasteiger partial charge in [0.15, 0.2) is 0 Å². The summed E-state index contributed by atoms with van der Waals surface area (Å²) in [7, 11) is 0. The van der Waals surface area contributed by atoms with Gasteiger partial charge in [0, 0.05) is 89.3 Å². The van der Waals surface area contributed by atoms with Crippen LogP contribution in [0.25, 0.3) is 72.3 Å². The van der Waals surface area contributed by atoms with Gasteiger partial charge in [-0.1, -0.05) is 148 Å².